The van der Waals surface area contributed by atoms with E-state index in [0.717, 1.165) is 5.56 Å². The summed E-state index contributed by atoms with van der Waals surface area (Å²) in [5.41, 5.74) is 2.28. The average Bonchev–Trinajstić information content (AvgIpc) is 3.04. The summed E-state index contributed by atoms with van der Waals surface area (Å²) in [6, 6.07) is 19.2. The second-order valence-corrected chi connectivity index (χ2v) is 7.45. The van der Waals surface area contributed by atoms with Crippen LogP contribution in [0, 0.1) is 0 Å². The molecular formula is C24H19ClN2O3. The molecule has 1 aliphatic heterocycles. The lowest BCUT2D eigenvalue weighted by molar-refractivity contribution is -0.139. The standard InChI is InChI=1S/C24H19ClN2O3/c25-19-8-6-17(7-9-19)21-20(22(28)18-10-13-26-14-11-18)23(29)24(30)27(21)15-12-16-4-2-1-3-5-16/h1-11,13-14,21,28H,12,15H2/b22-20+. The predicted molar refractivity (Wildman–Crippen MR) is 115 cm³/mol. The minimum Gasteiger partial charge on any atom is -0.507 e. The van der Waals surface area contributed by atoms with E-state index in [4.69, 9.17) is 11.6 Å². The Bertz CT molecular complexity index is 1100. The first kappa shape index (κ1) is 19.9. The van der Waals surface area contributed by atoms with Gasteiger partial charge < -0.3 is 10.0 Å². The van der Waals surface area contributed by atoms with E-state index in [2.05, 4.69) is 4.98 Å². The number of aliphatic hydroxyl groups is 1. The van der Waals surface area contributed by atoms with Crippen molar-refractivity contribution in [1.29, 1.82) is 0 Å². The van der Waals surface area contributed by atoms with E-state index in [9.17, 15) is 14.7 Å². The van der Waals surface area contributed by atoms with Gasteiger partial charge in [-0.2, -0.15) is 0 Å². The Labute approximate surface area is 179 Å². The highest BCUT2D eigenvalue weighted by atomic mass is 35.5. The van der Waals surface area contributed by atoms with Crippen molar-refractivity contribution in [3.8, 4) is 0 Å². The second kappa shape index (κ2) is 8.51. The molecule has 1 unspecified atom stereocenters. The molecule has 1 N–H and O–H groups in total. The fraction of sp³-hybridized carbons (Fsp3) is 0.125. The maximum Gasteiger partial charge on any atom is 0.295 e. The molecule has 6 heteroatoms. The van der Waals surface area contributed by atoms with Gasteiger partial charge >= 0.3 is 0 Å². The highest BCUT2D eigenvalue weighted by Crippen LogP contribution is 2.39. The zero-order valence-electron chi connectivity index (χ0n) is 16.0. The van der Waals surface area contributed by atoms with Gasteiger partial charge in [-0.15, -0.1) is 0 Å². The van der Waals surface area contributed by atoms with Gasteiger partial charge in [0, 0.05) is 29.5 Å². The molecule has 0 saturated carbocycles. The topological polar surface area (TPSA) is 70.5 Å². The molecule has 2 aromatic carbocycles. The maximum absolute atomic E-state index is 12.9. The van der Waals surface area contributed by atoms with Gasteiger partial charge in [-0.05, 0) is 41.8 Å². The van der Waals surface area contributed by atoms with Crippen molar-refractivity contribution < 1.29 is 14.7 Å². The molecule has 1 aliphatic rings. The van der Waals surface area contributed by atoms with Crippen molar-refractivity contribution in [2.24, 2.45) is 0 Å². The Hall–Kier alpha value is -3.44. The number of aliphatic hydroxyl groups excluding tert-OH is 1. The summed E-state index contributed by atoms with van der Waals surface area (Å²) < 4.78 is 0. The molecule has 0 bridgehead atoms. The number of hydrogen-bond acceptors (Lipinski definition) is 4. The van der Waals surface area contributed by atoms with Crippen LogP contribution in [-0.2, 0) is 16.0 Å². The molecule has 0 aliphatic carbocycles. The van der Waals surface area contributed by atoms with Gasteiger partial charge in [0.2, 0.25) is 0 Å². The van der Waals surface area contributed by atoms with Crippen molar-refractivity contribution in [1.82, 2.24) is 9.88 Å². The van der Waals surface area contributed by atoms with Crippen molar-refractivity contribution >= 4 is 29.1 Å². The summed E-state index contributed by atoms with van der Waals surface area (Å²) in [6.45, 7) is 0.342. The van der Waals surface area contributed by atoms with Crippen LogP contribution in [0.25, 0.3) is 5.76 Å². The third kappa shape index (κ3) is 3.84. The largest absolute Gasteiger partial charge is 0.507 e. The van der Waals surface area contributed by atoms with Crippen LogP contribution in [0.5, 0.6) is 0 Å². The smallest absolute Gasteiger partial charge is 0.295 e. The first-order chi connectivity index (χ1) is 14.6. The quantitative estimate of drug-likeness (QED) is 0.379. The minimum absolute atomic E-state index is 0.0709. The van der Waals surface area contributed by atoms with Gasteiger partial charge in [0.25, 0.3) is 11.7 Å². The summed E-state index contributed by atoms with van der Waals surface area (Å²) in [5, 5.41) is 11.5. The molecular weight excluding hydrogens is 400 g/mol. The molecule has 1 fully saturated rings. The van der Waals surface area contributed by atoms with Crippen LogP contribution in [-0.4, -0.2) is 33.2 Å². The number of aromatic nitrogens is 1. The molecule has 1 amide bonds. The lowest BCUT2D eigenvalue weighted by Crippen LogP contribution is -2.31. The van der Waals surface area contributed by atoms with Crippen LogP contribution in [0.15, 0.2) is 84.7 Å². The highest BCUT2D eigenvalue weighted by Gasteiger charge is 2.45. The summed E-state index contributed by atoms with van der Waals surface area (Å²) in [6.07, 6.45) is 3.64. The minimum atomic E-state index is -0.697. The zero-order valence-corrected chi connectivity index (χ0v) is 16.8. The van der Waals surface area contributed by atoms with Crippen LogP contribution < -0.4 is 0 Å². The van der Waals surface area contributed by atoms with Gasteiger partial charge in [0.1, 0.15) is 5.76 Å². The fourth-order valence-corrected chi connectivity index (χ4v) is 3.79. The van der Waals surface area contributed by atoms with Crippen LogP contribution in [0.1, 0.15) is 22.7 Å². The number of rotatable bonds is 5. The molecule has 1 aromatic heterocycles. The number of halogens is 1. The Morgan fingerprint density at radius 3 is 2.30 bits per heavy atom. The number of likely N-dealkylation sites (tertiary alicyclic amines) is 1. The molecule has 150 valence electrons. The number of hydrogen-bond donors (Lipinski definition) is 1. The lowest BCUT2D eigenvalue weighted by Gasteiger charge is -2.25. The van der Waals surface area contributed by atoms with E-state index >= 15 is 0 Å². The van der Waals surface area contributed by atoms with Crippen LogP contribution in [0.4, 0.5) is 0 Å². The number of carbonyl (C=O) groups is 2. The summed E-state index contributed by atoms with van der Waals surface area (Å²) in [4.78, 5) is 31.3. The monoisotopic (exact) mass is 418 g/mol. The van der Waals surface area contributed by atoms with E-state index in [1.165, 1.54) is 17.3 Å². The Morgan fingerprint density at radius 1 is 0.967 bits per heavy atom. The van der Waals surface area contributed by atoms with E-state index in [-0.39, 0.29) is 11.3 Å². The van der Waals surface area contributed by atoms with Gasteiger partial charge in [-0.25, -0.2) is 0 Å². The number of benzene rings is 2. The first-order valence-corrected chi connectivity index (χ1v) is 9.92. The molecule has 30 heavy (non-hydrogen) atoms. The van der Waals surface area contributed by atoms with Gasteiger partial charge in [0.15, 0.2) is 0 Å². The second-order valence-electron chi connectivity index (χ2n) is 7.02. The lowest BCUT2D eigenvalue weighted by atomic mass is 9.95. The molecule has 5 nitrogen and oxygen atoms in total. The normalized spacial score (nSPS) is 18.0. The third-order valence-corrected chi connectivity index (χ3v) is 5.42. The molecule has 2 heterocycles. The van der Waals surface area contributed by atoms with Crippen LogP contribution in [0.3, 0.4) is 0 Å². The molecule has 0 radical (unpaired) electrons. The van der Waals surface area contributed by atoms with E-state index in [1.54, 1.807) is 36.4 Å². The highest BCUT2D eigenvalue weighted by molar-refractivity contribution is 6.46. The number of pyridine rings is 1. The first-order valence-electron chi connectivity index (χ1n) is 9.54. The third-order valence-electron chi connectivity index (χ3n) is 5.16. The van der Waals surface area contributed by atoms with Gasteiger partial charge in [0.05, 0.1) is 11.6 Å². The summed E-state index contributed by atoms with van der Waals surface area (Å²) in [5.74, 6) is -1.53. The molecule has 3 aromatic rings. The van der Waals surface area contributed by atoms with Crippen molar-refractivity contribution in [3.05, 3.63) is 106 Å². The van der Waals surface area contributed by atoms with Crippen molar-refractivity contribution in [2.75, 3.05) is 6.54 Å². The summed E-state index contributed by atoms with van der Waals surface area (Å²) >= 11 is 6.03. The Balaban J connectivity index is 1.78. The van der Waals surface area contributed by atoms with Crippen LogP contribution in [0.2, 0.25) is 5.02 Å². The maximum atomic E-state index is 12.9. The molecule has 1 atom stereocenters. The predicted octanol–water partition coefficient (Wildman–Crippen LogP) is 4.40. The van der Waals surface area contributed by atoms with E-state index in [1.807, 2.05) is 30.3 Å². The number of amides is 1. The SMILES string of the molecule is O=C1C(=O)N(CCc2ccccc2)C(c2ccc(Cl)cc2)/C1=C(\O)c1ccncc1. The van der Waals surface area contributed by atoms with Crippen molar-refractivity contribution in [2.45, 2.75) is 12.5 Å². The molecule has 0 spiro atoms. The van der Waals surface area contributed by atoms with Gasteiger partial charge in [-0.1, -0.05) is 54.1 Å². The van der Waals surface area contributed by atoms with E-state index < -0.39 is 17.7 Å². The number of carbonyl (C=O) groups excluding carboxylic acids is 2. The number of ketones is 1. The molecule has 4 rings (SSSR count). The number of nitrogens with zero attached hydrogens (tertiary/aromatic N) is 2. The van der Waals surface area contributed by atoms with Crippen LogP contribution >= 0.6 is 11.6 Å². The summed E-state index contributed by atoms with van der Waals surface area (Å²) in [7, 11) is 0. The fourth-order valence-electron chi connectivity index (χ4n) is 3.66. The van der Waals surface area contributed by atoms with Crippen molar-refractivity contribution in [3.63, 3.8) is 0 Å². The Kier molecular flexibility index (Phi) is 5.63. The van der Waals surface area contributed by atoms with E-state index in [0.29, 0.717) is 29.1 Å². The molecule has 1 saturated heterocycles. The van der Waals surface area contributed by atoms with Gasteiger partial charge in [-0.3, -0.25) is 14.6 Å². The Morgan fingerprint density at radius 2 is 1.63 bits per heavy atom. The average molecular weight is 419 g/mol. The number of Topliss-reactive ketones (excluding diaryl/α,β-unsaturated/α-hetero) is 1. The zero-order chi connectivity index (χ0) is 21.1.